The van der Waals surface area contributed by atoms with Crippen molar-refractivity contribution < 1.29 is 14.7 Å². The lowest BCUT2D eigenvalue weighted by atomic mass is 9.93. The average Bonchev–Trinajstić information content (AvgIpc) is 2.84. The number of amides is 1. The Bertz CT molecular complexity index is 829. The molecule has 1 heterocycles. The molecule has 2 aromatic carbocycles. The minimum atomic E-state index is -2.31. The van der Waals surface area contributed by atoms with Gasteiger partial charge >= 0.3 is 0 Å². The average molecular weight is 384 g/mol. The molecule has 0 fully saturated rings. The minimum absolute atomic E-state index is 0.143. The maximum atomic E-state index is 13.1. The van der Waals surface area contributed by atoms with E-state index in [0.717, 1.165) is 12.8 Å². The lowest BCUT2D eigenvalue weighted by molar-refractivity contribution is -0.0507. The highest BCUT2D eigenvalue weighted by Gasteiger charge is 2.49. The highest BCUT2D eigenvalue weighted by molar-refractivity contribution is 6.72. The molecule has 4 nitrogen and oxygen atoms in total. The molecule has 1 atom stereocenters. The molecule has 2 aromatic rings. The summed E-state index contributed by atoms with van der Waals surface area (Å²) in [7, 11) is -2.31. The number of benzene rings is 2. The summed E-state index contributed by atoms with van der Waals surface area (Å²) in [5.41, 5.74) is 0.433. The molecular weight excluding hydrogens is 354 g/mol. The zero-order chi connectivity index (χ0) is 19.9. The topological polar surface area (TPSA) is 60.8 Å². The van der Waals surface area contributed by atoms with Crippen LogP contribution in [0, 0.1) is 0 Å². The third-order valence-electron chi connectivity index (χ3n) is 6.18. The summed E-state index contributed by atoms with van der Waals surface area (Å²) < 4.78 is 0. The number of rotatable bonds is 6. The van der Waals surface area contributed by atoms with Crippen molar-refractivity contribution in [1.29, 1.82) is 0 Å². The van der Waals surface area contributed by atoms with Gasteiger partial charge in [0.2, 0.25) is 0 Å². The number of nitrogens with zero attached hydrogens (tertiary/aromatic N) is 1. The Morgan fingerprint density at radius 1 is 1.04 bits per heavy atom. The van der Waals surface area contributed by atoms with Crippen LogP contribution >= 0.6 is 0 Å². The number of hydrogen-bond acceptors (Lipinski definition) is 3. The monoisotopic (exact) mass is 383 g/mol. The summed E-state index contributed by atoms with van der Waals surface area (Å²) in [4.78, 5) is 25.2. The van der Waals surface area contributed by atoms with Gasteiger partial charge in [-0.2, -0.15) is 0 Å². The maximum Gasteiger partial charge on any atom is 0.257 e. The molecule has 0 saturated heterocycles. The van der Waals surface area contributed by atoms with E-state index in [1.165, 1.54) is 0 Å². The van der Waals surface area contributed by atoms with Crippen LogP contribution in [0.1, 0.15) is 48.2 Å². The molecule has 144 valence electrons. The molecule has 0 radical (unpaired) electrons. The Hall–Kier alpha value is -1.95. The van der Waals surface area contributed by atoms with E-state index in [4.69, 9.17) is 0 Å². The van der Waals surface area contributed by atoms with Crippen LogP contribution in [0.25, 0.3) is 0 Å². The summed E-state index contributed by atoms with van der Waals surface area (Å²) >= 11 is 0. The fourth-order valence-corrected chi connectivity index (χ4v) is 4.43. The zero-order valence-electron chi connectivity index (χ0n) is 16.6. The van der Waals surface area contributed by atoms with Gasteiger partial charge in [-0.3, -0.25) is 4.79 Å². The summed E-state index contributed by atoms with van der Waals surface area (Å²) in [6.45, 7) is 8.51. The number of carbonyl (C=O) groups is 1. The largest absolute Gasteiger partial charge is 0.432 e. The number of aliphatic hydroxyl groups is 1. The standard InChI is InChI=1S/C22H29NO3Si/c1-21(2,27(3,4)26)15-10-16-23-20(24)18-13-8-9-14-19(18)22(23,25)17-11-6-5-7-12-17/h5-9,11-14,25-26H,10,15-16H2,1-4H3. The van der Waals surface area contributed by atoms with E-state index in [-0.39, 0.29) is 10.9 Å². The van der Waals surface area contributed by atoms with Gasteiger partial charge in [0, 0.05) is 23.2 Å². The maximum absolute atomic E-state index is 13.1. The molecule has 1 amide bonds. The first-order chi connectivity index (χ1) is 12.6. The summed E-state index contributed by atoms with van der Waals surface area (Å²) in [6, 6.07) is 16.6. The van der Waals surface area contributed by atoms with E-state index in [1.54, 1.807) is 11.0 Å². The van der Waals surface area contributed by atoms with Crippen LogP contribution in [-0.4, -0.2) is 35.6 Å². The highest BCUT2D eigenvalue weighted by atomic mass is 28.4. The summed E-state index contributed by atoms with van der Waals surface area (Å²) in [5.74, 6) is -0.143. The Kier molecular flexibility index (Phi) is 5.05. The number of fused-ring (bicyclic) bond motifs is 1. The fraction of sp³-hybridized carbons (Fsp3) is 0.409. The zero-order valence-corrected chi connectivity index (χ0v) is 17.6. The van der Waals surface area contributed by atoms with Crippen LogP contribution in [0.15, 0.2) is 54.6 Å². The van der Waals surface area contributed by atoms with Crippen LogP contribution in [0.3, 0.4) is 0 Å². The van der Waals surface area contributed by atoms with Crippen molar-refractivity contribution in [3.05, 3.63) is 71.3 Å². The van der Waals surface area contributed by atoms with Crippen LogP contribution in [0.5, 0.6) is 0 Å². The van der Waals surface area contributed by atoms with Crippen molar-refractivity contribution in [2.24, 2.45) is 0 Å². The van der Waals surface area contributed by atoms with E-state index in [9.17, 15) is 14.7 Å². The van der Waals surface area contributed by atoms with E-state index in [1.807, 2.05) is 61.6 Å². The Labute approximate surface area is 162 Å². The Balaban J connectivity index is 1.91. The number of hydrogen-bond donors (Lipinski definition) is 2. The number of carbonyl (C=O) groups excluding carboxylic acids is 1. The van der Waals surface area contributed by atoms with Gasteiger partial charge in [0.15, 0.2) is 14.0 Å². The molecule has 0 spiro atoms. The molecular formula is C22H29NO3Si. The second-order valence-corrected chi connectivity index (χ2v) is 13.1. The van der Waals surface area contributed by atoms with Crippen molar-refractivity contribution >= 4 is 14.2 Å². The predicted octanol–water partition coefficient (Wildman–Crippen LogP) is 4.09. The second-order valence-electron chi connectivity index (χ2n) is 8.59. The third-order valence-corrected chi connectivity index (χ3v) is 9.75. The van der Waals surface area contributed by atoms with Gasteiger partial charge < -0.3 is 14.8 Å². The van der Waals surface area contributed by atoms with Gasteiger partial charge in [0.1, 0.15) is 0 Å². The van der Waals surface area contributed by atoms with Crippen LogP contribution in [0.4, 0.5) is 0 Å². The van der Waals surface area contributed by atoms with E-state index < -0.39 is 14.0 Å². The first kappa shape index (κ1) is 19.8. The van der Waals surface area contributed by atoms with Gasteiger partial charge in [0.25, 0.3) is 5.91 Å². The minimum Gasteiger partial charge on any atom is -0.432 e. The molecule has 0 aromatic heterocycles. The SMILES string of the molecule is CC(C)(CCCN1C(=O)c2ccccc2C1(O)c1ccccc1)[Si](C)(C)O. The third kappa shape index (κ3) is 3.35. The molecule has 0 bridgehead atoms. The van der Waals surface area contributed by atoms with E-state index in [2.05, 4.69) is 13.8 Å². The molecule has 3 rings (SSSR count). The Morgan fingerprint density at radius 3 is 2.26 bits per heavy atom. The molecule has 0 saturated carbocycles. The van der Waals surface area contributed by atoms with Gasteiger partial charge in [0.05, 0.1) is 0 Å². The van der Waals surface area contributed by atoms with Gasteiger partial charge in [-0.15, -0.1) is 0 Å². The Morgan fingerprint density at radius 2 is 1.63 bits per heavy atom. The van der Waals surface area contributed by atoms with Crippen LogP contribution in [-0.2, 0) is 5.72 Å². The van der Waals surface area contributed by atoms with Crippen LogP contribution < -0.4 is 0 Å². The lowest BCUT2D eigenvalue weighted by Crippen LogP contribution is -2.46. The molecule has 5 heteroatoms. The molecule has 1 aliphatic rings. The second kappa shape index (κ2) is 6.89. The van der Waals surface area contributed by atoms with Crippen LogP contribution in [0.2, 0.25) is 18.1 Å². The molecule has 1 unspecified atom stereocenters. The van der Waals surface area contributed by atoms with E-state index >= 15 is 0 Å². The van der Waals surface area contributed by atoms with Crippen molar-refractivity contribution in [2.45, 2.75) is 50.5 Å². The van der Waals surface area contributed by atoms with Crippen molar-refractivity contribution in [2.75, 3.05) is 6.54 Å². The fourth-order valence-electron chi connectivity index (χ4n) is 3.64. The molecule has 0 aliphatic carbocycles. The van der Waals surface area contributed by atoms with Gasteiger partial charge in [-0.05, 0) is 37.0 Å². The molecule has 2 N–H and O–H groups in total. The first-order valence-corrected chi connectivity index (χ1v) is 12.5. The van der Waals surface area contributed by atoms with Crippen molar-refractivity contribution in [3.8, 4) is 0 Å². The quantitative estimate of drug-likeness (QED) is 0.739. The smallest absolute Gasteiger partial charge is 0.257 e. The summed E-state index contributed by atoms with van der Waals surface area (Å²) in [6.07, 6.45) is 1.52. The van der Waals surface area contributed by atoms with Gasteiger partial charge in [-0.25, -0.2) is 0 Å². The molecule has 1 aliphatic heterocycles. The first-order valence-electron chi connectivity index (χ1n) is 9.51. The lowest BCUT2D eigenvalue weighted by Gasteiger charge is -2.38. The van der Waals surface area contributed by atoms with E-state index in [0.29, 0.717) is 23.2 Å². The predicted molar refractivity (Wildman–Crippen MR) is 110 cm³/mol. The van der Waals surface area contributed by atoms with Crippen molar-refractivity contribution in [3.63, 3.8) is 0 Å². The van der Waals surface area contributed by atoms with Gasteiger partial charge in [-0.1, -0.05) is 62.4 Å². The molecule has 27 heavy (non-hydrogen) atoms. The highest BCUT2D eigenvalue weighted by Crippen LogP contribution is 2.44. The van der Waals surface area contributed by atoms with Crippen molar-refractivity contribution in [1.82, 2.24) is 4.90 Å². The normalized spacial score (nSPS) is 20.1. The summed E-state index contributed by atoms with van der Waals surface area (Å²) in [5, 5.41) is 11.5.